The molecule has 1 aliphatic rings. The first-order chi connectivity index (χ1) is 16.4. The topological polar surface area (TPSA) is 83.6 Å². The van der Waals surface area contributed by atoms with Gasteiger partial charge in [-0.15, -0.1) is 28.1 Å². The lowest BCUT2D eigenvalue weighted by Gasteiger charge is -2.20. The molecule has 0 aliphatic heterocycles. The second kappa shape index (κ2) is 11.0. The van der Waals surface area contributed by atoms with E-state index >= 15 is 0 Å². The van der Waals surface area contributed by atoms with Gasteiger partial charge in [0.1, 0.15) is 11.1 Å². The molecule has 34 heavy (non-hydrogen) atoms. The highest BCUT2D eigenvalue weighted by atomic mass is 35.5. The van der Waals surface area contributed by atoms with Crippen molar-refractivity contribution < 1.29 is 4.79 Å². The molecule has 1 aliphatic carbocycles. The van der Waals surface area contributed by atoms with Crippen LogP contribution in [0.15, 0.2) is 36.0 Å². The Morgan fingerprint density at radius 3 is 2.97 bits per heavy atom. The molecule has 0 bridgehead atoms. The van der Waals surface area contributed by atoms with E-state index in [0.29, 0.717) is 49.6 Å². The van der Waals surface area contributed by atoms with Gasteiger partial charge in [-0.25, -0.2) is 0 Å². The third kappa shape index (κ3) is 5.18. The number of fused-ring (bicyclic) bond motifs is 1. The van der Waals surface area contributed by atoms with Crippen LogP contribution in [0, 0.1) is 17.2 Å². The van der Waals surface area contributed by atoms with Crippen LogP contribution in [0.2, 0.25) is 10.0 Å². The minimum absolute atomic E-state index is 0.134. The summed E-state index contributed by atoms with van der Waals surface area (Å²) >= 11 is 15.2. The number of allylic oxidation sites excluding steroid dienone is 1. The normalized spacial score (nSPS) is 14.9. The molecule has 0 saturated heterocycles. The van der Waals surface area contributed by atoms with Gasteiger partial charge in [-0.05, 0) is 48.9 Å². The monoisotopic (exact) mass is 531 g/mol. The zero-order valence-corrected chi connectivity index (χ0v) is 21.8. The number of thiophene rings is 1. The maximum absolute atomic E-state index is 12.8. The summed E-state index contributed by atoms with van der Waals surface area (Å²) in [5, 5.41) is 23.4. The molecule has 0 radical (unpaired) electrons. The van der Waals surface area contributed by atoms with Gasteiger partial charge in [-0.3, -0.25) is 9.36 Å². The first kappa shape index (κ1) is 24.8. The van der Waals surface area contributed by atoms with Crippen LogP contribution in [0.1, 0.15) is 35.8 Å². The molecule has 0 spiro atoms. The number of carbonyl (C=O) groups excluding carboxylic acids is 1. The van der Waals surface area contributed by atoms with Crippen molar-refractivity contribution in [2.75, 3.05) is 11.1 Å². The molecular formula is C24H23Cl2N5OS2. The first-order valence-corrected chi connectivity index (χ1v) is 13.5. The highest BCUT2D eigenvalue weighted by molar-refractivity contribution is 7.99. The van der Waals surface area contributed by atoms with Crippen molar-refractivity contribution in [1.82, 2.24) is 14.8 Å². The van der Waals surface area contributed by atoms with Gasteiger partial charge in [0.2, 0.25) is 5.91 Å². The largest absolute Gasteiger partial charge is 0.316 e. The van der Waals surface area contributed by atoms with Gasteiger partial charge < -0.3 is 5.32 Å². The number of carbonyl (C=O) groups is 1. The van der Waals surface area contributed by atoms with E-state index in [2.05, 4.69) is 35.1 Å². The third-order valence-electron chi connectivity index (χ3n) is 5.84. The minimum Gasteiger partial charge on any atom is -0.316 e. The molecule has 6 nitrogen and oxygen atoms in total. The average Bonchev–Trinajstić information content (AvgIpc) is 3.37. The van der Waals surface area contributed by atoms with E-state index in [1.807, 2.05) is 4.57 Å². The number of nitrogens with one attached hydrogen (secondary N) is 1. The van der Waals surface area contributed by atoms with Crippen molar-refractivity contribution in [3.8, 4) is 17.5 Å². The Bertz CT molecular complexity index is 1280. The Morgan fingerprint density at radius 2 is 2.26 bits per heavy atom. The highest BCUT2D eigenvalue weighted by Crippen LogP contribution is 2.40. The molecule has 176 valence electrons. The number of hydrogen-bond acceptors (Lipinski definition) is 6. The molecule has 2 heterocycles. The quantitative estimate of drug-likeness (QED) is 0.261. The molecule has 1 N–H and O–H groups in total. The van der Waals surface area contributed by atoms with Gasteiger partial charge in [0.05, 0.1) is 16.3 Å². The molecule has 0 fully saturated rings. The maximum Gasteiger partial charge on any atom is 0.235 e. The fraction of sp³-hybridized carbons (Fsp3) is 0.333. The zero-order chi connectivity index (χ0) is 24.2. The summed E-state index contributed by atoms with van der Waals surface area (Å²) in [5.41, 5.74) is 2.42. The average molecular weight is 533 g/mol. The number of thioether (sulfide) groups is 1. The van der Waals surface area contributed by atoms with Crippen molar-refractivity contribution in [2.24, 2.45) is 5.92 Å². The Kier molecular flexibility index (Phi) is 7.99. The van der Waals surface area contributed by atoms with E-state index in [-0.39, 0.29) is 11.7 Å². The smallest absolute Gasteiger partial charge is 0.235 e. The molecule has 4 rings (SSSR count). The van der Waals surface area contributed by atoms with Gasteiger partial charge in [0.25, 0.3) is 0 Å². The Morgan fingerprint density at radius 1 is 1.44 bits per heavy atom. The second-order valence-corrected chi connectivity index (χ2v) is 10.9. The van der Waals surface area contributed by atoms with E-state index in [4.69, 9.17) is 23.2 Å². The van der Waals surface area contributed by atoms with E-state index in [1.54, 1.807) is 24.3 Å². The van der Waals surface area contributed by atoms with Crippen molar-refractivity contribution in [3.05, 3.63) is 56.9 Å². The number of nitrogens with zero attached hydrogens (tertiary/aromatic N) is 4. The summed E-state index contributed by atoms with van der Waals surface area (Å²) in [5.74, 6) is 1.17. The number of anilines is 1. The number of hydrogen-bond donors (Lipinski definition) is 1. The van der Waals surface area contributed by atoms with Crippen LogP contribution in [0.3, 0.4) is 0 Å². The van der Waals surface area contributed by atoms with Crippen LogP contribution < -0.4 is 5.32 Å². The predicted octanol–water partition coefficient (Wildman–Crippen LogP) is 6.62. The van der Waals surface area contributed by atoms with Crippen LogP contribution in [0.4, 0.5) is 5.00 Å². The zero-order valence-electron chi connectivity index (χ0n) is 18.6. The summed E-state index contributed by atoms with van der Waals surface area (Å²) in [6, 6.07) is 7.49. The molecule has 2 aromatic heterocycles. The first-order valence-electron chi connectivity index (χ1n) is 10.9. The van der Waals surface area contributed by atoms with Crippen molar-refractivity contribution in [3.63, 3.8) is 0 Å². The third-order valence-corrected chi connectivity index (χ3v) is 8.53. The number of amides is 1. The predicted molar refractivity (Wildman–Crippen MR) is 140 cm³/mol. The van der Waals surface area contributed by atoms with Crippen molar-refractivity contribution >= 4 is 57.2 Å². The number of aromatic nitrogens is 3. The van der Waals surface area contributed by atoms with Crippen LogP contribution in [0.5, 0.6) is 0 Å². The van der Waals surface area contributed by atoms with E-state index in [1.165, 1.54) is 28.0 Å². The number of benzene rings is 1. The summed E-state index contributed by atoms with van der Waals surface area (Å²) < 4.78 is 1.86. The molecule has 1 amide bonds. The Hall–Kier alpha value is -2.31. The molecular weight excluding hydrogens is 509 g/mol. The summed E-state index contributed by atoms with van der Waals surface area (Å²) in [6.45, 7) is 6.47. The van der Waals surface area contributed by atoms with Crippen LogP contribution in [0.25, 0.3) is 11.4 Å². The number of rotatable bonds is 8. The molecule has 1 unspecified atom stereocenters. The van der Waals surface area contributed by atoms with Gasteiger partial charge >= 0.3 is 0 Å². The molecule has 0 saturated carbocycles. The number of nitriles is 1. The molecule has 1 atom stereocenters. The lowest BCUT2D eigenvalue weighted by molar-refractivity contribution is -0.113. The summed E-state index contributed by atoms with van der Waals surface area (Å²) in [6.07, 6.45) is 5.85. The van der Waals surface area contributed by atoms with E-state index in [9.17, 15) is 10.1 Å². The minimum atomic E-state index is -0.189. The fourth-order valence-electron chi connectivity index (χ4n) is 4.06. The molecule has 10 heteroatoms. The second-order valence-electron chi connectivity index (χ2n) is 8.00. The standard InChI is InChI=1S/C24H23Cl2N5OS2/c1-3-9-31-22(17-8-6-15(25)11-19(17)26)29-30-24(31)33-13-21(32)28-23-18(12-27)16-7-5-14(4-2)10-20(16)34-23/h3,6,8,11,14H,1,4-5,7,9-10,13H2,2H3,(H,28,32). The van der Waals surface area contributed by atoms with E-state index < -0.39 is 0 Å². The van der Waals surface area contributed by atoms with Gasteiger partial charge in [-0.2, -0.15) is 5.26 Å². The molecule has 3 aromatic rings. The van der Waals surface area contributed by atoms with Crippen molar-refractivity contribution in [1.29, 1.82) is 5.26 Å². The fourth-order valence-corrected chi connectivity index (χ4v) is 6.63. The molecule has 1 aromatic carbocycles. The Balaban J connectivity index is 1.49. The highest BCUT2D eigenvalue weighted by Gasteiger charge is 2.26. The van der Waals surface area contributed by atoms with E-state index in [0.717, 1.165) is 31.2 Å². The van der Waals surface area contributed by atoms with Gasteiger partial charge in [-0.1, -0.05) is 54.4 Å². The lowest BCUT2D eigenvalue weighted by Crippen LogP contribution is -2.15. The summed E-state index contributed by atoms with van der Waals surface area (Å²) in [7, 11) is 0. The van der Waals surface area contributed by atoms with Crippen LogP contribution >= 0.6 is 46.3 Å². The lowest BCUT2D eigenvalue weighted by atomic mass is 9.86. The Labute approximate surface area is 217 Å². The van der Waals surface area contributed by atoms with Gasteiger partial charge in [0, 0.05) is 22.0 Å². The van der Waals surface area contributed by atoms with Crippen LogP contribution in [-0.4, -0.2) is 26.4 Å². The van der Waals surface area contributed by atoms with Crippen molar-refractivity contribution in [2.45, 2.75) is 44.3 Å². The maximum atomic E-state index is 12.8. The van der Waals surface area contributed by atoms with Crippen LogP contribution in [-0.2, 0) is 24.2 Å². The SMILES string of the molecule is C=CCn1c(SCC(=O)Nc2sc3c(c2C#N)CCC(CC)C3)nnc1-c1ccc(Cl)cc1Cl. The summed E-state index contributed by atoms with van der Waals surface area (Å²) in [4.78, 5) is 14.0. The number of halogens is 2. The van der Waals surface area contributed by atoms with Gasteiger partial charge in [0.15, 0.2) is 11.0 Å².